The average Bonchev–Trinajstić information content (AvgIpc) is 2.72. The highest BCUT2D eigenvalue weighted by atomic mass is 35.5. The minimum Gasteiger partial charge on any atom is -0.412 e. The standard InChI is InChI=1S/C22H21NS.ClH.H2O/c1-23(2)15-7-12-17-18-10-3-4-13-20(18)24-21-14-6-9-16-8-5-11-19(17)22(16)21;;/h3-6,8-14H,7,15H2,1-2H3;1H;1H2/b17-12-;;. The first kappa shape index (κ1) is 20.4. The summed E-state index contributed by atoms with van der Waals surface area (Å²) in [7, 11) is 4.26. The summed E-state index contributed by atoms with van der Waals surface area (Å²) in [5, 5.41) is 6.79. The molecule has 0 bridgehead atoms. The maximum absolute atomic E-state index is 2.41. The van der Waals surface area contributed by atoms with Crippen LogP contribution < -0.4 is 5.22 Å². The molecule has 0 aliphatic carbocycles. The van der Waals surface area contributed by atoms with E-state index in [0.717, 1.165) is 13.0 Å². The first-order valence-corrected chi connectivity index (χ1v) is 9.20. The summed E-state index contributed by atoms with van der Waals surface area (Å²) < 4.78 is 2.70. The van der Waals surface area contributed by atoms with Crippen molar-refractivity contribution in [2.75, 3.05) is 20.6 Å². The SMILES string of the molecule is CN(C)CC/C=c1/c2ccccc2sc2cccc3cccc1c32.Cl.O. The molecule has 0 unspecified atom stereocenters. The molecule has 0 aliphatic rings. The molecule has 0 aliphatic heterocycles. The molecule has 1 aromatic heterocycles. The smallest absolute Gasteiger partial charge is 0.0361 e. The van der Waals surface area contributed by atoms with E-state index in [2.05, 4.69) is 85.7 Å². The van der Waals surface area contributed by atoms with Gasteiger partial charge in [-0.15, -0.1) is 23.7 Å². The molecule has 2 nitrogen and oxygen atoms in total. The number of benzene rings is 3. The molecule has 3 aromatic carbocycles. The molecule has 0 radical (unpaired) electrons. The maximum atomic E-state index is 2.41. The van der Waals surface area contributed by atoms with E-state index in [4.69, 9.17) is 0 Å². The van der Waals surface area contributed by atoms with Gasteiger partial charge in [0.05, 0.1) is 0 Å². The van der Waals surface area contributed by atoms with Crippen LogP contribution in [-0.2, 0) is 0 Å². The Balaban J connectivity index is 0.00000121. The van der Waals surface area contributed by atoms with E-state index in [1.165, 1.54) is 36.2 Å². The second-order valence-electron chi connectivity index (χ2n) is 6.47. The lowest BCUT2D eigenvalue weighted by molar-refractivity contribution is 0.421. The van der Waals surface area contributed by atoms with Gasteiger partial charge < -0.3 is 10.4 Å². The highest BCUT2D eigenvalue weighted by Gasteiger charge is 2.05. The van der Waals surface area contributed by atoms with Crippen LogP contribution in [-0.4, -0.2) is 31.0 Å². The van der Waals surface area contributed by atoms with Gasteiger partial charge in [-0.2, -0.15) is 0 Å². The van der Waals surface area contributed by atoms with Crippen LogP contribution in [0.3, 0.4) is 0 Å². The predicted molar refractivity (Wildman–Crippen MR) is 119 cm³/mol. The number of rotatable bonds is 3. The first-order valence-electron chi connectivity index (χ1n) is 8.38. The van der Waals surface area contributed by atoms with Gasteiger partial charge in [0.25, 0.3) is 0 Å². The minimum atomic E-state index is 0. The summed E-state index contributed by atoms with van der Waals surface area (Å²) in [6.07, 6.45) is 3.47. The molecule has 4 heteroatoms. The largest absolute Gasteiger partial charge is 0.412 e. The molecule has 4 aromatic rings. The van der Waals surface area contributed by atoms with Crippen molar-refractivity contribution >= 4 is 60.8 Å². The molecule has 0 saturated heterocycles. The van der Waals surface area contributed by atoms with Gasteiger partial charge >= 0.3 is 0 Å². The number of hydrogen-bond donors (Lipinski definition) is 0. The Morgan fingerprint density at radius 2 is 1.50 bits per heavy atom. The van der Waals surface area contributed by atoms with Crippen LogP contribution in [0.15, 0.2) is 60.7 Å². The van der Waals surface area contributed by atoms with Crippen LogP contribution in [0.1, 0.15) is 6.42 Å². The van der Waals surface area contributed by atoms with Crippen LogP contribution in [0, 0.1) is 0 Å². The van der Waals surface area contributed by atoms with E-state index >= 15 is 0 Å². The zero-order valence-corrected chi connectivity index (χ0v) is 16.7. The summed E-state index contributed by atoms with van der Waals surface area (Å²) >= 11 is 1.89. The van der Waals surface area contributed by atoms with Gasteiger partial charge in [0, 0.05) is 21.3 Å². The average molecular weight is 386 g/mol. The third-order valence-electron chi connectivity index (χ3n) is 4.48. The fraction of sp³-hybridized carbons (Fsp3) is 0.182. The quantitative estimate of drug-likeness (QED) is 0.498. The van der Waals surface area contributed by atoms with Crippen LogP contribution >= 0.6 is 23.7 Å². The highest BCUT2D eigenvalue weighted by Crippen LogP contribution is 2.30. The van der Waals surface area contributed by atoms with Crippen molar-refractivity contribution in [3.63, 3.8) is 0 Å². The molecule has 26 heavy (non-hydrogen) atoms. The number of halogens is 1. The fourth-order valence-electron chi connectivity index (χ4n) is 3.34. The Morgan fingerprint density at radius 3 is 2.27 bits per heavy atom. The van der Waals surface area contributed by atoms with Gasteiger partial charge in [-0.1, -0.05) is 54.6 Å². The number of hydrogen-bond acceptors (Lipinski definition) is 2. The van der Waals surface area contributed by atoms with Crippen molar-refractivity contribution in [2.45, 2.75) is 6.42 Å². The van der Waals surface area contributed by atoms with Crippen molar-refractivity contribution in [1.29, 1.82) is 0 Å². The van der Waals surface area contributed by atoms with Gasteiger partial charge in [-0.25, -0.2) is 0 Å². The summed E-state index contributed by atoms with van der Waals surface area (Å²) in [4.78, 5) is 2.24. The fourth-order valence-corrected chi connectivity index (χ4v) is 4.49. The molecule has 0 fully saturated rings. The minimum absolute atomic E-state index is 0. The van der Waals surface area contributed by atoms with Crippen molar-refractivity contribution in [3.05, 3.63) is 65.9 Å². The molecule has 136 valence electrons. The van der Waals surface area contributed by atoms with Gasteiger partial charge in [0.2, 0.25) is 0 Å². The monoisotopic (exact) mass is 385 g/mol. The third kappa shape index (κ3) is 3.76. The highest BCUT2D eigenvalue weighted by molar-refractivity contribution is 7.24. The molecule has 4 rings (SSSR count). The molecular formula is C22H24ClNOS. The summed E-state index contributed by atoms with van der Waals surface area (Å²) in [6, 6.07) is 22.1. The van der Waals surface area contributed by atoms with E-state index in [-0.39, 0.29) is 17.9 Å². The zero-order valence-electron chi connectivity index (χ0n) is 15.0. The van der Waals surface area contributed by atoms with E-state index in [9.17, 15) is 0 Å². The van der Waals surface area contributed by atoms with E-state index < -0.39 is 0 Å². The van der Waals surface area contributed by atoms with Gasteiger partial charge in [0.15, 0.2) is 0 Å². The Morgan fingerprint density at radius 1 is 0.846 bits per heavy atom. The number of fused-ring (bicyclic) bond motifs is 1. The molecule has 0 spiro atoms. The van der Waals surface area contributed by atoms with Gasteiger partial charge in [-0.3, -0.25) is 0 Å². The summed E-state index contributed by atoms with van der Waals surface area (Å²) in [5.74, 6) is 0. The second kappa shape index (κ2) is 8.65. The maximum Gasteiger partial charge on any atom is 0.0361 e. The lowest BCUT2D eigenvalue weighted by Crippen LogP contribution is -2.13. The first-order chi connectivity index (χ1) is 11.7. The predicted octanol–water partition coefficient (Wildman–Crippen LogP) is 4.82. The Kier molecular flexibility index (Phi) is 6.79. The van der Waals surface area contributed by atoms with Crippen LogP contribution in [0.5, 0.6) is 0 Å². The molecule has 0 amide bonds. The topological polar surface area (TPSA) is 34.7 Å². The lowest BCUT2D eigenvalue weighted by Gasteiger charge is -2.06. The number of nitrogens with zero attached hydrogens (tertiary/aromatic N) is 1. The summed E-state index contributed by atoms with van der Waals surface area (Å²) in [6.45, 7) is 1.07. The third-order valence-corrected chi connectivity index (χ3v) is 5.61. The van der Waals surface area contributed by atoms with Crippen LogP contribution in [0.2, 0.25) is 0 Å². The van der Waals surface area contributed by atoms with Crippen molar-refractivity contribution < 1.29 is 5.48 Å². The van der Waals surface area contributed by atoms with Crippen molar-refractivity contribution in [3.8, 4) is 0 Å². The Labute approximate surface area is 164 Å². The van der Waals surface area contributed by atoms with E-state index in [1.807, 2.05) is 11.3 Å². The zero-order chi connectivity index (χ0) is 16.5. The van der Waals surface area contributed by atoms with Gasteiger partial charge in [0.1, 0.15) is 0 Å². The summed E-state index contributed by atoms with van der Waals surface area (Å²) in [5.41, 5.74) is 0. The van der Waals surface area contributed by atoms with Gasteiger partial charge in [-0.05, 0) is 54.0 Å². The van der Waals surface area contributed by atoms with E-state index in [0.29, 0.717) is 0 Å². The van der Waals surface area contributed by atoms with Crippen molar-refractivity contribution in [1.82, 2.24) is 4.90 Å². The Bertz CT molecular complexity index is 1100. The Hall–Kier alpha value is -1.91. The van der Waals surface area contributed by atoms with Crippen molar-refractivity contribution in [2.24, 2.45) is 0 Å². The molecule has 0 saturated carbocycles. The molecular weight excluding hydrogens is 362 g/mol. The lowest BCUT2D eigenvalue weighted by atomic mass is 10.0. The second-order valence-corrected chi connectivity index (χ2v) is 7.55. The molecule has 0 atom stereocenters. The normalized spacial score (nSPS) is 11.7. The van der Waals surface area contributed by atoms with Crippen LogP contribution in [0.25, 0.3) is 37.0 Å². The molecule has 1 heterocycles. The van der Waals surface area contributed by atoms with E-state index in [1.54, 1.807) is 0 Å². The van der Waals surface area contributed by atoms with Crippen LogP contribution in [0.4, 0.5) is 0 Å². The molecule has 2 N–H and O–H groups in total.